The average molecular weight is 324 g/mol. The number of rotatable bonds is 4. The van der Waals surface area contributed by atoms with Gasteiger partial charge in [0.1, 0.15) is 0 Å². The van der Waals surface area contributed by atoms with Gasteiger partial charge in [0.25, 0.3) is 0 Å². The van der Waals surface area contributed by atoms with E-state index in [1.165, 1.54) is 21.9 Å². The molecule has 0 aliphatic carbocycles. The van der Waals surface area contributed by atoms with E-state index in [4.69, 9.17) is 11.6 Å². The summed E-state index contributed by atoms with van der Waals surface area (Å²) >= 11 is 7.44. The molecule has 0 spiro atoms. The van der Waals surface area contributed by atoms with Gasteiger partial charge in [0.05, 0.1) is 22.3 Å². The molecule has 1 N–H and O–H groups in total. The second-order valence-electron chi connectivity index (χ2n) is 5.01. The lowest BCUT2D eigenvalue weighted by molar-refractivity contribution is 0.125. The molecule has 1 aromatic heterocycles. The van der Waals surface area contributed by atoms with Crippen LogP contribution in [0.25, 0.3) is 0 Å². The van der Waals surface area contributed by atoms with E-state index in [2.05, 4.69) is 0 Å². The number of aliphatic hydroxyl groups excluding tert-OH is 1. The molecule has 2 rings (SSSR count). The standard InChI is InChI=1S/C12H18ClNO3S2/c1-19(16,17)14-5-2-3-9(8-14)7-11(15)12-10(13)4-6-18-12/h4,6,9,11,15H,2-3,5,7-8H2,1H3. The molecule has 19 heavy (non-hydrogen) atoms. The largest absolute Gasteiger partial charge is 0.388 e. The molecule has 0 amide bonds. The molecule has 2 unspecified atom stereocenters. The van der Waals surface area contributed by atoms with Crippen LogP contribution in [-0.4, -0.2) is 37.2 Å². The molecule has 0 saturated carbocycles. The first kappa shape index (κ1) is 15.3. The van der Waals surface area contributed by atoms with Crippen molar-refractivity contribution in [2.75, 3.05) is 19.3 Å². The third kappa shape index (κ3) is 3.92. The summed E-state index contributed by atoms with van der Waals surface area (Å²) in [6.45, 7) is 1.09. The van der Waals surface area contributed by atoms with Gasteiger partial charge in [-0.3, -0.25) is 0 Å². The first-order chi connectivity index (χ1) is 8.88. The normalized spacial score (nSPS) is 23.4. The van der Waals surface area contributed by atoms with Gasteiger partial charge in [-0.1, -0.05) is 11.6 Å². The molecule has 1 fully saturated rings. The highest BCUT2D eigenvalue weighted by Gasteiger charge is 2.28. The van der Waals surface area contributed by atoms with Crippen LogP contribution in [0.1, 0.15) is 30.2 Å². The van der Waals surface area contributed by atoms with Crippen LogP contribution in [-0.2, 0) is 10.0 Å². The summed E-state index contributed by atoms with van der Waals surface area (Å²) in [6.07, 6.45) is 3.00. The average Bonchev–Trinajstić information content (AvgIpc) is 2.75. The van der Waals surface area contributed by atoms with Crippen LogP contribution in [0.4, 0.5) is 0 Å². The zero-order valence-electron chi connectivity index (χ0n) is 10.8. The lowest BCUT2D eigenvalue weighted by Crippen LogP contribution is -2.39. The van der Waals surface area contributed by atoms with Gasteiger partial charge in [-0.25, -0.2) is 12.7 Å². The highest BCUT2D eigenvalue weighted by Crippen LogP contribution is 2.34. The summed E-state index contributed by atoms with van der Waals surface area (Å²) in [6, 6.07) is 1.77. The quantitative estimate of drug-likeness (QED) is 0.926. The Morgan fingerprint density at radius 3 is 2.95 bits per heavy atom. The molecule has 1 aromatic rings. The van der Waals surface area contributed by atoms with Crippen LogP contribution >= 0.6 is 22.9 Å². The lowest BCUT2D eigenvalue weighted by atomic mass is 9.93. The van der Waals surface area contributed by atoms with Crippen molar-refractivity contribution >= 4 is 33.0 Å². The number of halogens is 1. The van der Waals surface area contributed by atoms with E-state index in [1.807, 2.05) is 5.38 Å². The number of piperidine rings is 1. The molecule has 0 bridgehead atoms. The summed E-state index contributed by atoms with van der Waals surface area (Å²) < 4.78 is 24.6. The van der Waals surface area contributed by atoms with Crippen molar-refractivity contribution in [2.24, 2.45) is 5.92 Å². The maximum absolute atomic E-state index is 11.5. The first-order valence-electron chi connectivity index (χ1n) is 6.24. The Bertz CT molecular complexity index is 529. The van der Waals surface area contributed by atoms with Crippen molar-refractivity contribution < 1.29 is 13.5 Å². The number of sulfonamides is 1. The third-order valence-corrected chi connectivity index (χ3v) is 6.18. The molecule has 4 nitrogen and oxygen atoms in total. The van der Waals surface area contributed by atoms with E-state index in [-0.39, 0.29) is 5.92 Å². The first-order valence-corrected chi connectivity index (χ1v) is 9.34. The van der Waals surface area contributed by atoms with Crippen LogP contribution in [0.5, 0.6) is 0 Å². The topological polar surface area (TPSA) is 57.6 Å². The molecule has 1 saturated heterocycles. The second kappa shape index (κ2) is 6.10. The van der Waals surface area contributed by atoms with Crippen LogP contribution in [0.2, 0.25) is 5.02 Å². The lowest BCUT2D eigenvalue weighted by Gasteiger charge is -2.31. The van der Waals surface area contributed by atoms with Gasteiger partial charge in [-0.15, -0.1) is 11.3 Å². The predicted octanol–water partition coefficient (Wildman–Crippen LogP) is 2.50. The fourth-order valence-corrected chi connectivity index (χ4v) is 4.61. The van der Waals surface area contributed by atoms with Crippen molar-refractivity contribution in [2.45, 2.75) is 25.4 Å². The van der Waals surface area contributed by atoms with Crippen molar-refractivity contribution in [3.63, 3.8) is 0 Å². The molecular formula is C12H18ClNO3S2. The Labute approximate surface area is 123 Å². The van der Waals surface area contributed by atoms with Gasteiger partial charge in [0, 0.05) is 13.1 Å². The highest BCUT2D eigenvalue weighted by atomic mass is 35.5. The molecule has 0 aromatic carbocycles. The minimum Gasteiger partial charge on any atom is -0.388 e. The molecule has 1 aliphatic rings. The Kier molecular flexibility index (Phi) is 4.89. The smallest absolute Gasteiger partial charge is 0.211 e. The highest BCUT2D eigenvalue weighted by molar-refractivity contribution is 7.88. The van der Waals surface area contributed by atoms with Gasteiger partial charge in [0.2, 0.25) is 10.0 Å². The van der Waals surface area contributed by atoms with Crippen LogP contribution < -0.4 is 0 Å². The summed E-state index contributed by atoms with van der Waals surface area (Å²) in [5.74, 6) is 0.191. The Morgan fingerprint density at radius 1 is 1.63 bits per heavy atom. The van der Waals surface area contributed by atoms with Gasteiger partial charge < -0.3 is 5.11 Å². The SMILES string of the molecule is CS(=O)(=O)N1CCCC(CC(O)c2sccc2Cl)C1. The minimum atomic E-state index is -3.13. The summed E-state index contributed by atoms with van der Waals surface area (Å²) in [4.78, 5) is 0.776. The Morgan fingerprint density at radius 2 is 2.37 bits per heavy atom. The van der Waals surface area contributed by atoms with E-state index in [0.29, 0.717) is 24.5 Å². The molecule has 1 aliphatic heterocycles. The molecular weight excluding hydrogens is 306 g/mol. The fourth-order valence-electron chi connectivity index (χ4n) is 2.49. The maximum Gasteiger partial charge on any atom is 0.211 e. The zero-order valence-corrected chi connectivity index (χ0v) is 13.1. The number of thiophene rings is 1. The fraction of sp³-hybridized carbons (Fsp3) is 0.667. The van der Waals surface area contributed by atoms with Gasteiger partial charge in [0.15, 0.2) is 0 Å². The zero-order chi connectivity index (χ0) is 14.0. The predicted molar refractivity (Wildman–Crippen MR) is 78.0 cm³/mol. The van der Waals surface area contributed by atoms with Crippen molar-refractivity contribution in [1.29, 1.82) is 0 Å². The molecule has 0 radical (unpaired) electrons. The minimum absolute atomic E-state index is 0.191. The van der Waals surface area contributed by atoms with Gasteiger partial charge in [-0.2, -0.15) is 0 Å². The van der Waals surface area contributed by atoms with Crippen LogP contribution in [0.3, 0.4) is 0 Å². The molecule has 7 heteroatoms. The summed E-state index contributed by atoms with van der Waals surface area (Å²) in [5.41, 5.74) is 0. The number of nitrogens with zero attached hydrogens (tertiary/aromatic N) is 1. The molecule has 2 heterocycles. The van der Waals surface area contributed by atoms with E-state index in [1.54, 1.807) is 6.07 Å². The van der Waals surface area contributed by atoms with Crippen LogP contribution in [0.15, 0.2) is 11.4 Å². The van der Waals surface area contributed by atoms with Gasteiger partial charge in [-0.05, 0) is 36.6 Å². The van der Waals surface area contributed by atoms with E-state index in [0.717, 1.165) is 17.7 Å². The van der Waals surface area contributed by atoms with Crippen molar-refractivity contribution in [3.8, 4) is 0 Å². The Hall–Kier alpha value is -0.140. The van der Waals surface area contributed by atoms with E-state index in [9.17, 15) is 13.5 Å². The Balaban J connectivity index is 1.98. The van der Waals surface area contributed by atoms with Crippen LogP contribution in [0, 0.1) is 5.92 Å². The van der Waals surface area contributed by atoms with Crippen molar-refractivity contribution in [3.05, 3.63) is 21.3 Å². The van der Waals surface area contributed by atoms with E-state index >= 15 is 0 Å². The number of hydrogen-bond donors (Lipinski definition) is 1. The maximum atomic E-state index is 11.5. The van der Waals surface area contributed by atoms with E-state index < -0.39 is 16.1 Å². The third-order valence-electron chi connectivity index (χ3n) is 3.45. The summed E-state index contributed by atoms with van der Waals surface area (Å²) in [5, 5.41) is 12.6. The van der Waals surface area contributed by atoms with Gasteiger partial charge >= 0.3 is 0 Å². The molecule has 2 atom stereocenters. The van der Waals surface area contributed by atoms with Crippen molar-refractivity contribution in [1.82, 2.24) is 4.31 Å². The molecule has 108 valence electrons. The second-order valence-corrected chi connectivity index (χ2v) is 8.35. The number of hydrogen-bond acceptors (Lipinski definition) is 4. The summed E-state index contributed by atoms with van der Waals surface area (Å²) in [7, 11) is -3.13. The number of aliphatic hydroxyl groups is 1. The monoisotopic (exact) mass is 323 g/mol.